The molecular formula is C16H26O. The number of carbonyl (C=O) groups excluding carboxylic acids is 1. The third kappa shape index (κ3) is 6.93. The van der Waals surface area contributed by atoms with Gasteiger partial charge in [-0.2, -0.15) is 0 Å². The lowest BCUT2D eigenvalue weighted by molar-refractivity contribution is -0.116. The molecule has 96 valence electrons. The monoisotopic (exact) mass is 234 g/mol. The molecule has 17 heavy (non-hydrogen) atoms. The van der Waals surface area contributed by atoms with E-state index >= 15 is 0 Å². The molecule has 1 unspecified atom stereocenters. The van der Waals surface area contributed by atoms with Crippen LogP contribution in [0.4, 0.5) is 0 Å². The molecule has 0 aromatic heterocycles. The fourth-order valence-corrected chi connectivity index (χ4v) is 1.75. The van der Waals surface area contributed by atoms with E-state index in [1.54, 1.807) is 0 Å². The van der Waals surface area contributed by atoms with Gasteiger partial charge in [0.25, 0.3) is 0 Å². The lowest BCUT2D eigenvalue weighted by atomic mass is 9.78. The highest BCUT2D eigenvalue weighted by Crippen LogP contribution is 2.29. The zero-order chi connectivity index (χ0) is 13.1. The lowest BCUT2D eigenvalue weighted by Gasteiger charge is -2.25. The van der Waals surface area contributed by atoms with Gasteiger partial charge < -0.3 is 4.79 Å². The molecule has 0 aliphatic rings. The summed E-state index contributed by atoms with van der Waals surface area (Å²) in [6.07, 6.45) is 15.8. The van der Waals surface area contributed by atoms with Gasteiger partial charge in [0.1, 0.15) is 6.29 Å². The predicted molar refractivity (Wildman–Crippen MR) is 76.0 cm³/mol. The van der Waals surface area contributed by atoms with E-state index in [1.807, 2.05) is 26.8 Å². The summed E-state index contributed by atoms with van der Waals surface area (Å²) in [4.78, 5) is 11.0. The van der Waals surface area contributed by atoms with Crippen LogP contribution in [0.25, 0.3) is 0 Å². The highest BCUT2D eigenvalue weighted by Gasteiger charge is 2.25. The van der Waals surface area contributed by atoms with Gasteiger partial charge in [0.15, 0.2) is 0 Å². The molecule has 0 N–H and O–H groups in total. The summed E-state index contributed by atoms with van der Waals surface area (Å²) in [5.74, 6) is 0.264. The molecule has 1 nitrogen and oxygen atoms in total. The maximum atomic E-state index is 11.0. The van der Waals surface area contributed by atoms with Gasteiger partial charge in [0, 0.05) is 5.41 Å². The summed E-state index contributed by atoms with van der Waals surface area (Å²) in [7, 11) is 0. The zero-order valence-electron chi connectivity index (χ0n) is 11.5. The predicted octanol–water partition coefficient (Wildman–Crippen LogP) is 4.71. The van der Waals surface area contributed by atoms with Crippen LogP contribution in [-0.4, -0.2) is 6.29 Å². The van der Waals surface area contributed by atoms with Gasteiger partial charge in [-0.15, -0.1) is 6.58 Å². The molecule has 0 aliphatic carbocycles. The van der Waals surface area contributed by atoms with E-state index in [-0.39, 0.29) is 11.3 Å². The van der Waals surface area contributed by atoms with Crippen molar-refractivity contribution in [3.8, 4) is 0 Å². The highest BCUT2D eigenvalue weighted by molar-refractivity contribution is 5.59. The van der Waals surface area contributed by atoms with Crippen molar-refractivity contribution in [3.05, 3.63) is 37.0 Å². The molecule has 0 aromatic carbocycles. The van der Waals surface area contributed by atoms with Gasteiger partial charge in [-0.25, -0.2) is 0 Å². The largest absolute Gasteiger partial charge is 0.303 e. The van der Waals surface area contributed by atoms with E-state index < -0.39 is 0 Å². The minimum atomic E-state index is -0.291. The molecule has 1 atom stereocenters. The van der Waals surface area contributed by atoms with Crippen molar-refractivity contribution >= 4 is 6.29 Å². The standard InChI is InChI=1S/C16H26O/c1-5-7-8-9-10-11-12-13-15(6-2)16(3,4)14-17/h5-7,10-11,14-15H,2,8-9,12-13H2,1,3-4H3/b7-5+,11-10+. The topological polar surface area (TPSA) is 17.1 Å². The fraction of sp³-hybridized carbons (Fsp3) is 0.562. The van der Waals surface area contributed by atoms with Gasteiger partial charge in [-0.1, -0.05) is 44.2 Å². The maximum Gasteiger partial charge on any atom is 0.126 e. The van der Waals surface area contributed by atoms with Gasteiger partial charge >= 0.3 is 0 Å². The molecule has 0 saturated carbocycles. The van der Waals surface area contributed by atoms with E-state index in [0.29, 0.717) is 0 Å². The summed E-state index contributed by atoms with van der Waals surface area (Å²) in [6.45, 7) is 9.81. The smallest absolute Gasteiger partial charge is 0.126 e. The second kappa shape index (κ2) is 8.98. The van der Waals surface area contributed by atoms with Crippen LogP contribution >= 0.6 is 0 Å². The van der Waals surface area contributed by atoms with Gasteiger partial charge in [0.2, 0.25) is 0 Å². The minimum absolute atomic E-state index is 0.264. The van der Waals surface area contributed by atoms with Crippen LogP contribution in [0.5, 0.6) is 0 Å². The first-order valence-corrected chi connectivity index (χ1v) is 6.43. The van der Waals surface area contributed by atoms with Crippen molar-refractivity contribution in [1.82, 2.24) is 0 Å². The molecule has 1 heteroatoms. The number of hydrogen-bond donors (Lipinski definition) is 0. The first kappa shape index (κ1) is 15.9. The Kier molecular flexibility index (Phi) is 8.39. The average molecular weight is 234 g/mol. The van der Waals surface area contributed by atoms with Crippen molar-refractivity contribution < 1.29 is 4.79 Å². The molecule has 0 rings (SSSR count). The van der Waals surface area contributed by atoms with Crippen LogP contribution in [0.15, 0.2) is 37.0 Å². The van der Waals surface area contributed by atoms with E-state index in [2.05, 4.69) is 30.9 Å². The van der Waals surface area contributed by atoms with E-state index in [1.165, 1.54) is 0 Å². The lowest BCUT2D eigenvalue weighted by Crippen LogP contribution is -2.23. The molecule has 0 aliphatic heterocycles. The van der Waals surface area contributed by atoms with Gasteiger partial charge in [0.05, 0.1) is 0 Å². The summed E-state index contributed by atoms with van der Waals surface area (Å²) < 4.78 is 0. The second-order valence-electron chi connectivity index (χ2n) is 4.98. The molecule has 0 heterocycles. The third-order valence-corrected chi connectivity index (χ3v) is 3.09. The van der Waals surface area contributed by atoms with Crippen molar-refractivity contribution in [1.29, 1.82) is 0 Å². The molecule has 0 aromatic rings. The Balaban J connectivity index is 3.92. The highest BCUT2D eigenvalue weighted by atomic mass is 16.1. The first-order valence-electron chi connectivity index (χ1n) is 6.43. The molecular weight excluding hydrogens is 208 g/mol. The molecule has 0 amide bonds. The van der Waals surface area contributed by atoms with E-state index in [0.717, 1.165) is 32.0 Å². The molecule has 0 radical (unpaired) electrons. The Hall–Kier alpha value is -1.11. The zero-order valence-corrected chi connectivity index (χ0v) is 11.5. The van der Waals surface area contributed by atoms with Crippen LogP contribution in [0.2, 0.25) is 0 Å². The normalized spacial score (nSPS) is 14.3. The van der Waals surface area contributed by atoms with Crippen molar-refractivity contribution in [3.63, 3.8) is 0 Å². The Morgan fingerprint density at radius 2 is 1.71 bits per heavy atom. The first-order chi connectivity index (χ1) is 8.08. The quantitative estimate of drug-likeness (QED) is 0.321. The summed E-state index contributed by atoms with van der Waals surface area (Å²) in [5.41, 5.74) is -0.291. The number of allylic oxidation sites excluding steroid dienone is 5. The Bertz CT molecular complexity index is 271. The van der Waals surface area contributed by atoms with Crippen LogP contribution in [0.1, 0.15) is 46.5 Å². The summed E-state index contributed by atoms with van der Waals surface area (Å²) >= 11 is 0. The number of aldehydes is 1. The summed E-state index contributed by atoms with van der Waals surface area (Å²) in [6, 6.07) is 0. The number of hydrogen-bond acceptors (Lipinski definition) is 1. The molecule has 0 saturated heterocycles. The average Bonchev–Trinajstić information content (AvgIpc) is 2.32. The van der Waals surface area contributed by atoms with Crippen LogP contribution in [-0.2, 0) is 4.79 Å². The maximum absolute atomic E-state index is 11.0. The Morgan fingerprint density at radius 3 is 2.24 bits per heavy atom. The van der Waals surface area contributed by atoms with E-state index in [9.17, 15) is 4.79 Å². The van der Waals surface area contributed by atoms with Gasteiger partial charge in [-0.3, -0.25) is 0 Å². The van der Waals surface area contributed by atoms with Crippen molar-refractivity contribution in [2.75, 3.05) is 0 Å². The molecule has 0 spiro atoms. The van der Waals surface area contributed by atoms with E-state index in [4.69, 9.17) is 0 Å². The Morgan fingerprint density at radius 1 is 1.12 bits per heavy atom. The number of unbranched alkanes of at least 4 members (excludes halogenated alkanes) is 1. The fourth-order valence-electron chi connectivity index (χ4n) is 1.75. The second-order valence-corrected chi connectivity index (χ2v) is 4.98. The van der Waals surface area contributed by atoms with Crippen LogP contribution < -0.4 is 0 Å². The van der Waals surface area contributed by atoms with Gasteiger partial charge in [-0.05, 0) is 38.5 Å². The SMILES string of the molecule is C=CC(CC/C=C/CC/C=C/C)C(C)(C)C=O. The molecule has 0 bridgehead atoms. The third-order valence-electron chi connectivity index (χ3n) is 3.09. The summed E-state index contributed by atoms with van der Waals surface area (Å²) in [5, 5.41) is 0. The minimum Gasteiger partial charge on any atom is -0.303 e. The molecule has 0 fully saturated rings. The van der Waals surface area contributed by atoms with Crippen LogP contribution in [0.3, 0.4) is 0 Å². The Labute approximate surface area is 106 Å². The van der Waals surface area contributed by atoms with Crippen molar-refractivity contribution in [2.45, 2.75) is 46.5 Å². The van der Waals surface area contributed by atoms with Crippen LogP contribution in [0, 0.1) is 11.3 Å². The van der Waals surface area contributed by atoms with Crippen molar-refractivity contribution in [2.24, 2.45) is 11.3 Å². The number of rotatable bonds is 9. The number of carbonyl (C=O) groups is 1.